The van der Waals surface area contributed by atoms with Gasteiger partial charge in [-0.15, -0.1) is 0 Å². The van der Waals surface area contributed by atoms with Crippen molar-refractivity contribution in [1.82, 2.24) is 9.88 Å². The molecule has 4 nitrogen and oxygen atoms in total. The number of hydrogen-bond donors (Lipinski definition) is 0. The van der Waals surface area contributed by atoms with Crippen LogP contribution in [0.15, 0.2) is 53.7 Å². The Morgan fingerprint density at radius 1 is 1.20 bits per heavy atom. The Balaban J connectivity index is 2.65. The summed E-state index contributed by atoms with van der Waals surface area (Å²) >= 11 is 5.92. The van der Waals surface area contributed by atoms with Gasteiger partial charge in [-0.05, 0) is 18.2 Å². The Bertz CT molecular complexity index is 895. The van der Waals surface area contributed by atoms with E-state index in [1.54, 1.807) is 32.3 Å². The molecule has 0 aliphatic rings. The van der Waals surface area contributed by atoms with E-state index in [4.69, 9.17) is 11.6 Å². The molecular weight excluding hydrogens is 377 g/mol. The van der Waals surface area contributed by atoms with Crippen LogP contribution in [0.3, 0.4) is 0 Å². The molecule has 2 rings (SSSR count). The normalized spacial score (nSPS) is 13.0. The highest BCUT2D eigenvalue weighted by Gasteiger charge is 2.33. The molecule has 134 valence electrons. The fraction of sp³-hybridized carbons (Fsp3) is 0.188. The van der Waals surface area contributed by atoms with Gasteiger partial charge in [-0.25, -0.2) is 8.42 Å². The molecule has 9 heteroatoms. The molecule has 0 saturated heterocycles. The van der Waals surface area contributed by atoms with Crippen LogP contribution in [0.4, 0.5) is 13.2 Å². The molecule has 0 spiro atoms. The standard InChI is InChI=1S/C16H14ClF3N2O2S/c1-22(2)10-14(25(23,24)12-6-4-3-5-7-12)15-13(17)8-11(9-21-15)16(18,19)20/h3-10H,1-2H3/b14-10-. The molecule has 1 heterocycles. The largest absolute Gasteiger partial charge is 0.417 e. The first-order valence-corrected chi connectivity index (χ1v) is 8.81. The summed E-state index contributed by atoms with van der Waals surface area (Å²) in [6, 6.07) is 8.17. The number of rotatable bonds is 4. The molecular formula is C16H14ClF3N2O2S. The topological polar surface area (TPSA) is 50.3 Å². The van der Waals surface area contributed by atoms with Crippen molar-refractivity contribution in [1.29, 1.82) is 0 Å². The number of benzene rings is 1. The fourth-order valence-corrected chi connectivity index (χ4v) is 3.85. The molecule has 0 atom stereocenters. The first-order chi connectivity index (χ1) is 11.5. The Hall–Kier alpha value is -2.06. The van der Waals surface area contributed by atoms with Crippen molar-refractivity contribution < 1.29 is 21.6 Å². The van der Waals surface area contributed by atoms with Crippen molar-refractivity contribution >= 4 is 26.3 Å². The smallest absolute Gasteiger partial charge is 0.382 e. The van der Waals surface area contributed by atoms with Gasteiger partial charge in [-0.2, -0.15) is 13.2 Å². The molecule has 25 heavy (non-hydrogen) atoms. The summed E-state index contributed by atoms with van der Waals surface area (Å²) < 4.78 is 64.1. The molecule has 0 unspecified atom stereocenters. The van der Waals surface area contributed by atoms with E-state index in [0.29, 0.717) is 12.3 Å². The Morgan fingerprint density at radius 3 is 2.28 bits per heavy atom. The number of aromatic nitrogens is 1. The third-order valence-electron chi connectivity index (χ3n) is 3.12. The molecule has 0 radical (unpaired) electrons. The summed E-state index contributed by atoms with van der Waals surface area (Å²) in [5.74, 6) is 0. The Kier molecular flexibility index (Phi) is 5.43. The lowest BCUT2D eigenvalue weighted by Gasteiger charge is -2.15. The second kappa shape index (κ2) is 7.05. The molecule has 1 aromatic carbocycles. The molecule has 0 fully saturated rings. The highest BCUT2D eigenvalue weighted by atomic mass is 35.5. The van der Waals surface area contributed by atoms with Crippen LogP contribution in [0.1, 0.15) is 11.3 Å². The third kappa shape index (κ3) is 4.32. The predicted molar refractivity (Wildman–Crippen MR) is 89.5 cm³/mol. The Morgan fingerprint density at radius 2 is 1.80 bits per heavy atom. The molecule has 0 bridgehead atoms. The van der Waals surface area contributed by atoms with Crippen LogP contribution in [-0.2, 0) is 16.0 Å². The van der Waals surface area contributed by atoms with E-state index < -0.39 is 26.6 Å². The van der Waals surface area contributed by atoms with Crippen LogP contribution in [0.5, 0.6) is 0 Å². The SMILES string of the molecule is CN(C)/C=C(/c1ncc(C(F)(F)F)cc1Cl)S(=O)(=O)c1ccccc1. The number of pyridine rings is 1. The van der Waals surface area contributed by atoms with Gasteiger partial charge in [-0.3, -0.25) is 4.98 Å². The second-order valence-corrected chi connectivity index (χ2v) is 7.65. The van der Waals surface area contributed by atoms with Crippen molar-refractivity contribution in [2.45, 2.75) is 11.1 Å². The van der Waals surface area contributed by atoms with Crippen LogP contribution >= 0.6 is 11.6 Å². The zero-order valence-corrected chi connectivity index (χ0v) is 14.8. The maximum absolute atomic E-state index is 12.9. The second-order valence-electron chi connectivity index (χ2n) is 5.33. The quantitative estimate of drug-likeness (QED) is 0.789. The minimum Gasteiger partial charge on any atom is -0.382 e. The minimum absolute atomic E-state index is 0.0131. The predicted octanol–water partition coefficient (Wildman–Crippen LogP) is 4.09. The first kappa shape index (κ1) is 19.3. The van der Waals surface area contributed by atoms with E-state index in [-0.39, 0.29) is 15.5 Å². The van der Waals surface area contributed by atoms with Gasteiger partial charge in [0.15, 0.2) is 0 Å². The van der Waals surface area contributed by atoms with Gasteiger partial charge >= 0.3 is 6.18 Å². The lowest BCUT2D eigenvalue weighted by atomic mass is 10.2. The highest BCUT2D eigenvalue weighted by Crippen LogP contribution is 2.35. The van der Waals surface area contributed by atoms with Crippen molar-refractivity contribution in [3.8, 4) is 0 Å². The van der Waals surface area contributed by atoms with Crippen LogP contribution in [0.2, 0.25) is 5.02 Å². The van der Waals surface area contributed by atoms with E-state index in [9.17, 15) is 21.6 Å². The van der Waals surface area contributed by atoms with Gasteiger partial charge in [0.25, 0.3) is 0 Å². The van der Waals surface area contributed by atoms with Gasteiger partial charge in [0.2, 0.25) is 9.84 Å². The molecule has 0 amide bonds. The van der Waals surface area contributed by atoms with E-state index in [1.807, 2.05) is 0 Å². The summed E-state index contributed by atoms with van der Waals surface area (Å²) in [6.07, 6.45) is -2.81. The number of nitrogens with zero attached hydrogens (tertiary/aromatic N) is 2. The lowest BCUT2D eigenvalue weighted by molar-refractivity contribution is -0.137. The van der Waals surface area contributed by atoms with Crippen molar-refractivity contribution in [3.63, 3.8) is 0 Å². The van der Waals surface area contributed by atoms with Crippen molar-refractivity contribution in [2.24, 2.45) is 0 Å². The number of alkyl halides is 3. The monoisotopic (exact) mass is 390 g/mol. The van der Waals surface area contributed by atoms with Gasteiger partial charge < -0.3 is 4.90 Å². The molecule has 1 aromatic heterocycles. The van der Waals surface area contributed by atoms with Crippen LogP contribution < -0.4 is 0 Å². The van der Waals surface area contributed by atoms with E-state index in [0.717, 1.165) is 0 Å². The highest BCUT2D eigenvalue weighted by molar-refractivity contribution is 8.00. The summed E-state index contributed by atoms with van der Waals surface area (Å²) in [6.45, 7) is 0. The van der Waals surface area contributed by atoms with E-state index in [1.165, 1.54) is 23.2 Å². The van der Waals surface area contributed by atoms with Crippen LogP contribution in [-0.4, -0.2) is 32.4 Å². The zero-order chi connectivity index (χ0) is 18.8. The van der Waals surface area contributed by atoms with Gasteiger partial charge in [0, 0.05) is 26.5 Å². The minimum atomic E-state index is -4.63. The maximum Gasteiger partial charge on any atom is 0.417 e. The molecule has 0 aliphatic carbocycles. The summed E-state index contributed by atoms with van der Waals surface area (Å²) in [7, 11) is -0.865. The fourth-order valence-electron chi connectivity index (χ4n) is 1.99. The Labute approximate surface area is 148 Å². The summed E-state index contributed by atoms with van der Waals surface area (Å²) in [5.41, 5.74) is -1.30. The summed E-state index contributed by atoms with van der Waals surface area (Å²) in [4.78, 5) is 4.81. The molecule has 0 saturated carbocycles. The third-order valence-corrected chi connectivity index (χ3v) is 5.18. The number of halogens is 4. The average molecular weight is 391 g/mol. The molecule has 0 N–H and O–H groups in total. The number of hydrogen-bond acceptors (Lipinski definition) is 4. The van der Waals surface area contributed by atoms with E-state index in [2.05, 4.69) is 4.98 Å². The van der Waals surface area contributed by atoms with Gasteiger partial charge in [-0.1, -0.05) is 29.8 Å². The van der Waals surface area contributed by atoms with E-state index >= 15 is 0 Å². The van der Waals surface area contributed by atoms with Crippen molar-refractivity contribution in [3.05, 3.63) is 65.1 Å². The van der Waals surface area contributed by atoms with Crippen LogP contribution in [0.25, 0.3) is 4.91 Å². The van der Waals surface area contributed by atoms with Crippen LogP contribution in [0, 0.1) is 0 Å². The average Bonchev–Trinajstić information content (AvgIpc) is 2.52. The number of sulfone groups is 1. The van der Waals surface area contributed by atoms with Gasteiger partial charge in [0.1, 0.15) is 10.6 Å². The maximum atomic E-state index is 12.9. The lowest BCUT2D eigenvalue weighted by Crippen LogP contribution is -2.13. The van der Waals surface area contributed by atoms with Gasteiger partial charge in [0.05, 0.1) is 15.5 Å². The zero-order valence-electron chi connectivity index (χ0n) is 13.2. The molecule has 0 aliphatic heterocycles. The first-order valence-electron chi connectivity index (χ1n) is 6.95. The van der Waals surface area contributed by atoms with Crippen molar-refractivity contribution in [2.75, 3.05) is 14.1 Å². The summed E-state index contributed by atoms with van der Waals surface area (Å²) in [5, 5.41) is -0.401. The molecule has 2 aromatic rings.